The van der Waals surface area contributed by atoms with Crippen LogP contribution < -0.4 is 24.8 Å². The molecule has 1 aliphatic rings. The molecule has 30 heavy (non-hydrogen) atoms. The highest BCUT2D eigenvalue weighted by atomic mass is 16.7. The quantitative estimate of drug-likeness (QED) is 0.501. The number of anilines is 1. The van der Waals surface area contributed by atoms with E-state index in [0.717, 1.165) is 5.56 Å². The van der Waals surface area contributed by atoms with Crippen molar-refractivity contribution in [3.05, 3.63) is 78.1 Å². The van der Waals surface area contributed by atoms with Gasteiger partial charge in [0.15, 0.2) is 11.5 Å². The average Bonchev–Trinajstić information content (AvgIpc) is 3.26. The third-order valence-electron chi connectivity index (χ3n) is 4.37. The van der Waals surface area contributed by atoms with Crippen molar-refractivity contribution in [2.75, 3.05) is 19.2 Å². The molecule has 0 atom stereocenters. The van der Waals surface area contributed by atoms with Crippen molar-refractivity contribution >= 4 is 17.6 Å². The fraction of sp³-hybridized carbons (Fsp3) is 0.136. The van der Waals surface area contributed by atoms with Crippen molar-refractivity contribution in [3.63, 3.8) is 0 Å². The molecule has 1 aromatic heterocycles. The van der Waals surface area contributed by atoms with Crippen molar-refractivity contribution in [2.45, 2.75) is 6.54 Å². The van der Waals surface area contributed by atoms with Crippen molar-refractivity contribution in [1.29, 1.82) is 0 Å². The van der Waals surface area contributed by atoms with Gasteiger partial charge in [-0.2, -0.15) is 0 Å². The Morgan fingerprint density at radius 2 is 2.00 bits per heavy atom. The second-order valence-electron chi connectivity index (χ2n) is 6.37. The van der Waals surface area contributed by atoms with Crippen LogP contribution in [0.4, 0.5) is 5.69 Å². The number of carbonyl (C=O) groups excluding carboxylic acids is 1. The van der Waals surface area contributed by atoms with Crippen LogP contribution in [0, 0.1) is 0 Å². The van der Waals surface area contributed by atoms with Gasteiger partial charge in [-0.05, 0) is 42.0 Å². The smallest absolute Gasteiger partial charge is 0.258 e. The number of amides is 1. The van der Waals surface area contributed by atoms with Gasteiger partial charge in [-0.1, -0.05) is 18.2 Å². The summed E-state index contributed by atoms with van der Waals surface area (Å²) in [4.78, 5) is 21.5. The van der Waals surface area contributed by atoms with E-state index < -0.39 is 0 Å². The van der Waals surface area contributed by atoms with Crippen molar-refractivity contribution in [1.82, 2.24) is 10.3 Å². The van der Waals surface area contributed by atoms with Gasteiger partial charge in [0.1, 0.15) is 5.75 Å². The zero-order valence-corrected chi connectivity index (χ0v) is 16.3. The lowest BCUT2D eigenvalue weighted by Crippen LogP contribution is -2.36. The van der Waals surface area contributed by atoms with E-state index in [0.29, 0.717) is 35.0 Å². The van der Waals surface area contributed by atoms with Crippen LogP contribution in [0.2, 0.25) is 0 Å². The number of pyridine rings is 1. The number of methoxy groups -OCH3 is 1. The summed E-state index contributed by atoms with van der Waals surface area (Å²) in [6, 6.07) is 16.2. The maximum atomic E-state index is 12.8. The first kappa shape index (κ1) is 19.3. The van der Waals surface area contributed by atoms with Crippen LogP contribution in [0.5, 0.6) is 17.2 Å². The van der Waals surface area contributed by atoms with Gasteiger partial charge in [-0.15, -0.1) is 0 Å². The highest BCUT2D eigenvalue weighted by Gasteiger charge is 2.17. The Hall–Kier alpha value is -4.07. The third kappa shape index (κ3) is 4.49. The van der Waals surface area contributed by atoms with Gasteiger partial charge in [0.2, 0.25) is 12.8 Å². The first-order valence-electron chi connectivity index (χ1n) is 9.27. The maximum absolute atomic E-state index is 12.8. The minimum atomic E-state index is -0.333. The van der Waals surface area contributed by atoms with Crippen molar-refractivity contribution in [3.8, 4) is 17.2 Å². The molecule has 0 bridgehead atoms. The molecule has 2 aromatic carbocycles. The van der Waals surface area contributed by atoms with Gasteiger partial charge in [0.25, 0.3) is 5.91 Å². The summed E-state index contributed by atoms with van der Waals surface area (Å²) in [6.45, 7) is 0.486. The van der Waals surface area contributed by atoms with Gasteiger partial charge >= 0.3 is 0 Å². The van der Waals surface area contributed by atoms with Crippen LogP contribution in [0.15, 0.2) is 72.0 Å². The molecule has 0 saturated carbocycles. The number of para-hydroxylation sites is 2. The zero-order valence-electron chi connectivity index (χ0n) is 16.3. The number of carbonyl (C=O) groups is 1. The van der Waals surface area contributed by atoms with Gasteiger partial charge < -0.3 is 19.5 Å². The number of benzene rings is 2. The van der Waals surface area contributed by atoms with Crippen LogP contribution in [0.1, 0.15) is 15.9 Å². The van der Waals surface area contributed by atoms with E-state index in [1.165, 1.54) is 0 Å². The molecule has 1 amide bonds. The van der Waals surface area contributed by atoms with Crippen LogP contribution in [-0.2, 0) is 6.54 Å². The topological polar surface area (TPSA) is 94.1 Å². The Bertz CT molecular complexity index is 1070. The molecule has 2 N–H and O–H groups in total. The monoisotopic (exact) mass is 404 g/mol. The molecule has 0 fully saturated rings. The van der Waals surface area contributed by atoms with Gasteiger partial charge in [-0.25, -0.2) is 4.99 Å². The number of nitrogens with one attached hydrogen (secondary N) is 2. The first-order valence-corrected chi connectivity index (χ1v) is 9.27. The van der Waals surface area contributed by atoms with E-state index in [1.54, 1.807) is 37.7 Å². The number of aliphatic imine (C=N–C) groups is 1. The third-order valence-corrected chi connectivity index (χ3v) is 4.37. The minimum Gasteiger partial charge on any atom is -0.495 e. The molecule has 3 aromatic rings. The molecule has 4 rings (SSSR count). The second-order valence-corrected chi connectivity index (χ2v) is 6.37. The Morgan fingerprint density at radius 1 is 1.13 bits per heavy atom. The van der Waals surface area contributed by atoms with E-state index in [-0.39, 0.29) is 18.7 Å². The Morgan fingerprint density at radius 3 is 2.83 bits per heavy atom. The van der Waals surface area contributed by atoms with Gasteiger partial charge in [0.05, 0.1) is 19.3 Å². The number of fused-ring (bicyclic) bond motifs is 1. The van der Waals surface area contributed by atoms with E-state index in [1.807, 2.05) is 36.4 Å². The Labute approximate surface area is 173 Å². The molecule has 1 aliphatic heterocycles. The average molecular weight is 404 g/mol. The van der Waals surface area contributed by atoms with E-state index in [2.05, 4.69) is 20.6 Å². The molecule has 8 heteroatoms. The molecule has 0 spiro atoms. The predicted molar refractivity (Wildman–Crippen MR) is 112 cm³/mol. The normalized spacial score (nSPS) is 12.4. The molecule has 152 valence electrons. The fourth-order valence-corrected chi connectivity index (χ4v) is 2.87. The second kappa shape index (κ2) is 8.95. The zero-order chi connectivity index (χ0) is 20.8. The minimum absolute atomic E-state index is 0.146. The largest absolute Gasteiger partial charge is 0.495 e. The molecular formula is C22H20N4O4. The summed E-state index contributed by atoms with van der Waals surface area (Å²) in [5.74, 6) is 1.73. The molecule has 0 radical (unpaired) electrons. The highest BCUT2D eigenvalue weighted by molar-refractivity contribution is 6.10. The predicted octanol–water partition coefficient (Wildman–Crippen LogP) is 3.22. The number of ether oxygens (including phenoxy) is 3. The molecule has 8 nitrogen and oxygen atoms in total. The Kier molecular flexibility index (Phi) is 5.75. The lowest BCUT2D eigenvalue weighted by Gasteiger charge is -2.14. The van der Waals surface area contributed by atoms with Crippen LogP contribution in [-0.4, -0.2) is 30.8 Å². The van der Waals surface area contributed by atoms with E-state index in [4.69, 9.17) is 14.2 Å². The molecule has 0 unspecified atom stereocenters. The number of guanidine groups is 1. The SMILES string of the molecule is COc1ccccc1NC(=NCc1cccnc1)NC(=O)c1ccc2c(c1)OCO2. The summed E-state index contributed by atoms with van der Waals surface area (Å²) in [5, 5.41) is 5.96. The lowest BCUT2D eigenvalue weighted by molar-refractivity contribution is 0.0976. The molecule has 0 aliphatic carbocycles. The fourth-order valence-electron chi connectivity index (χ4n) is 2.87. The van der Waals surface area contributed by atoms with Crippen molar-refractivity contribution in [2.24, 2.45) is 4.99 Å². The number of aromatic nitrogens is 1. The van der Waals surface area contributed by atoms with Crippen molar-refractivity contribution < 1.29 is 19.0 Å². The molecular weight excluding hydrogens is 384 g/mol. The summed E-state index contributed by atoms with van der Waals surface area (Å²) in [6.07, 6.45) is 3.42. The van der Waals surface area contributed by atoms with Crippen LogP contribution in [0.25, 0.3) is 0 Å². The number of hydrogen-bond acceptors (Lipinski definition) is 6. The standard InChI is InChI=1S/C22H20N4O4/c1-28-18-7-3-2-6-17(18)25-22(24-13-15-5-4-10-23-12-15)26-21(27)16-8-9-19-20(11-16)30-14-29-19/h2-12H,13-14H2,1H3,(H2,24,25,26,27). The van der Waals surface area contributed by atoms with Gasteiger partial charge in [0, 0.05) is 18.0 Å². The van der Waals surface area contributed by atoms with Gasteiger partial charge in [-0.3, -0.25) is 15.1 Å². The molecule has 0 saturated heterocycles. The Balaban J connectivity index is 1.56. The summed E-state index contributed by atoms with van der Waals surface area (Å²) < 4.78 is 16.0. The maximum Gasteiger partial charge on any atom is 0.258 e. The van der Waals surface area contributed by atoms with E-state index in [9.17, 15) is 4.79 Å². The number of nitrogens with zero attached hydrogens (tertiary/aromatic N) is 2. The highest BCUT2D eigenvalue weighted by Crippen LogP contribution is 2.32. The summed E-state index contributed by atoms with van der Waals surface area (Å²) in [5.41, 5.74) is 2.01. The van der Waals surface area contributed by atoms with E-state index >= 15 is 0 Å². The van der Waals surface area contributed by atoms with Crippen LogP contribution >= 0.6 is 0 Å². The lowest BCUT2D eigenvalue weighted by atomic mass is 10.2. The first-order chi connectivity index (χ1) is 14.7. The number of hydrogen-bond donors (Lipinski definition) is 2. The number of rotatable bonds is 5. The van der Waals surface area contributed by atoms with Crippen LogP contribution in [0.3, 0.4) is 0 Å². The summed E-state index contributed by atoms with van der Waals surface area (Å²) in [7, 11) is 1.58. The summed E-state index contributed by atoms with van der Waals surface area (Å²) >= 11 is 0. The molecule has 2 heterocycles.